The second-order valence-electron chi connectivity index (χ2n) is 4.72. The number of carbonyl (C=O) groups excluding carboxylic acids is 1. The summed E-state index contributed by atoms with van der Waals surface area (Å²) >= 11 is 0. The third-order valence-corrected chi connectivity index (χ3v) is 2.54. The van der Waals surface area contributed by atoms with Crippen LogP contribution in [0.25, 0.3) is 0 Å². The molecule has 0 unspecified atom stereocenters. The zero-order valence-electron chi connectivity index (χ0n) is 11.8. The Kier molecular flexibility index (Phi) is 7.86. The van der Waals surface area contributed by atoms with Crippen molar-refractivity contribution in [2.75, 3.05) is 25.0 Å². The SMILES string of the molecule is CC(C)OCCCCNCC(=O)Nc1ccccc1. The van der Waals surface area contributed by atoms with Crippen molar-refractivity contribution in [3.05, 3.63) is 30.3 Å². The van der Waals surface area contributed by atoms with Gasteiger partial charge in [-0.25, -0.2) is 0 Å². The smallest absolute Gasteiger partial charge is 0.238 e. The fraction of sp³-hybridized carbons (Fsp3) is 0.533. The van der Waals surface area contributed by atoms with Gasteiger partial charge < -0.3 is 15.4 Å². The first-order valence-electron chi connectivity index (χ1n) is 6.85. The van der Waals surface area contributed by atoms with E-state index in [1.165, 1.54) is 0 Å². The third kappa shape index (κ3) is 8.35. The van der Waals surface area contributed by atoms with Crippen LogP contribution in [0.4, 0.5) is 5.69 Å². The molecule has 4 nitrogen and oxygen atoms in total. The first-order chi connectivity index (χ1) is 9.18. The van der Waals surface area contributed by atoms with Crippen LogP contribution >= 0.6 is 0 Å². The largest absolute Gasteiger partial charge is 0.379 e. The second-order valence-corrected chi connectivity index (χ2v) is 4.72. The molecule has 1 aromatic carbocycles. The summed E-state index contributed by atoms with van der Waals surface area (Å²) in [5.41, 5.74) is 0.833. The van der Waals surface area contributed by atoms with Gasteiger partial charge in [0.1, 0.15) is 0 Å². The lowest BCUT2D eigenvalue weighted by atomic mass is 10.3. The number of benzene rings is 1. The molecule has 1 aromatic rings. The van der Waals surface area contributed by atoms with Crippen molar-refractivity contribution < 1.29 is 9.53 Å². The monoisotopic (exact) mass is 264 g/mol. The lowest BCUT2D eigenvalue weighted by Gasteiger charge is -2.08. The van der Waals surface area contributed by atoms with Crippen LogP contribution in [0.5, 0.6) is 0 Å². The van der Waals surface area contributed by atoms with E-state index in [1.807, 2.05) is 44.2 Å². The van der Waals surface area contributed by atoms with E-state index in [0.717, 1.165) is 31.7 Å². The highest BCUT2D eigenvalue weighted by molar-refractivity contribution is 5.92. The first-order valence-corrected chi connectivity index (χ1v) is 6.85. The summed E-state index contributed by atoms with van der Waals surface area (Å²) in [5, 5.41) is 5.96. The molecule has 0 aliphatic rings. The number of unbranched alkanes of at least 4 members (excludes halogenated alkanes) is 1. The molecule has 2 N–H and O–H groups in total. The summed E-state index contributed by atoms with van der Waals surface area (Å²) in [6.45, 7) is 6.04. The minimum Gasteiger partial charge on any atom is -0.379 e. The van der Waals surface area contributed by atoms with Crippen molar-refractivity contribution >= 4 is 11.6 Å². The molecule has 0 aromatic heterocycles. The summed E-state index contributed by atoms with van der Waals surface area (Å²) in [6, 6.07) is 9.48. The highest BCUT2D eigenvalue weighted by Gasteiger charge is 2.00. The fourth-order valence-corrected chi connectivity index (χ4v) is 1.60. The molecule has 0 spiro atoms. The molecule has 4 heteroatoms. The average molecular weight is 264 g/mol. The number of carbonyl (C=O) groups is 1. The number of anilines is 1. The molecule has 0 aliphatic heterocycles. The Morgan fingerprint density at radius 1 is 1.21 bits per heavy atom. The Hall–Kier alpha value is -1.39. The van der Waals surface area contributed by atoms with Gasteiger partial charge in [-0.3, -0.25) is 4.79 Å². The Morgan fingerprint density at radius 2 is 1.95 bits per heavy atom. The van der Waals surface area contributed by atoms with Crippen LogP contribution in [-0.4, -0.2) is 31.7 Å². The van der Waals surface area contributed by atoms with E-state index in [9.17, 15) is 4.79 Å². The maximum atomic E-state index is 11.6. The predicted octanol–water partition coefficient (Wildman–Crippen LogP) is 2.42. The van der Waals surface area contributed by atoms with Crippen LogP contribution in [0.2, 0.25) is 0 Å². The van der Waals surface area contributed by atoms with E-state index < -0.39 is 0 Å². The van der Waals surface area contributed by atoms with E-state index in [-0.39, 0.29) is 5.91 Å². The number of ether oxygens (including phenoxy) is 1. The van der Waals surface area contributed by atoms with Crippen molar-refractivity contribution in [3.8, 4) is 0 Å². The number of amides is 1. The molecule has 0 saturated heterocycles. The van der Waals surface area contributed by atoms with Gasteiger partial charge in [0.2, 0.25) is 5.91 Å². The van der Waals surface area contributed by atoms with Crippen LogP contribution < -0.4 is 10.6 Å². The van der Waals surface area contributed by atoms with Crippen LogP contribution in [0.15, 0.2) is 30.3 Å². The molecule has 1 rings (SSSR count). The van der Waals surface area contributed by atoms with Crippen LogP contribution in [0, 0.1) is 0 Å². The zero-order chi connectivity index (χ0) is 13.9. The van der Waals surface area contributed by atoms with Gasteiger partial charge in [-0.15, -0.1) is 0 Å². The minimum absolute atomic E-state index is 0.00960. The van der Waals surface area contributed by atoms with Crippen molar-refractivity contribution in [3.63, 3.8) is 0 Å². The normalized spacial score (nSPS) is 10.7. The number of hydrogen-bond acceptors (Lipinski definition) is 3. The van der Waals surface area contributed by atoms with Crippen LogP contribution in [0.1, 0.15) is 26.7 Å². The molecule has 0 bridgehead atoms. The van der Waals surface area contributed by atoms with Gasteiger partial charge in [-0.1, -0.05) is 18.2 Å². The zero-order valence-corrected chi connectivity index (χ0v) is 11.8. The molecule has 0 atom stereocenters. The summed E-state index contributed by atoms with van der Waals surface area (Å²) in [6.07, 6.45) is 2.33. The highest BCUT2D eigenvalue weighted by Crippen LogP contribution is 2.03. The van der Waals surface area contributed by atoms with Crippen molar-refractivity contribution in [2.24, 2.45) is 0 Å². The van der Waals surface area contributed by atoms with Gasteiger partial charge in [0.25, 0.3) is 0 Å². The number of para-hydroxylation sites is 1. The molecule has 1 amide bonds. The Balaban J connectivity index is 1.99. The topological polar surface area (TPSA) is 50.4 Å². The maximum absolute atomic E-state index is 11.6. The van der Waals surface area contributed by atoms with E-state index in [0.29, 0.717) is 12.6 Å². The quantitative estimate of drug-likeness (QED) is 0.673. The number of nitrogens with one attached hydrogen (secondary N) is 2. The summed E-state index contributed by atoms with van der Waals surface area (Å²) < 4.78 is 5.44. The molecule has 0 aliphatic carbocycles. The summed E-state index contributed by atoms with van der Waals surface area (Å²) in [7, 11) is 0. The lowest BCUT2D eigenvalue weighted by molar-refractivity contribution is -0.115. The molecule has 19 heavy (non-hydrogen) atoms. The minimum atomic E-state index is -0.00960. The molecule has 106 valence electrons. The molecule has 0 saturated carbocycles. The first kappa shape index (κ1) is 15.7. The van der Waals surface area contributed by atoms with Crippen LogP contribution in [0.3, 0.4) is 0 Å². The van der Waals surface area contributed by atoms with E-state index in [1.54, 1.807) is 0 Å². The maximum Gasteiger partial charge on any atom is 0.238 e. The average Bonchev–Trinajstić information content (AvgIpc) is 2.38. The standard InChI is InChI=1S/C15H24N2O2/c1-13(2)19-11-7-6-10-16-12-15(18)17-14-8-4-3-5-9-14/h3-5,8-9,13,16H,6-7,10-12H2,1-2H3,(H,17,18). The third-order valence-electron chi connectivity index (χ3n) is 2.54. The van der Waals surface area contributed by atoms with Crippen LogP contribution in [-0.2, 0) is 9.53 Å². The second kappa shape index (κ2) is 9.53. The molecule has 0 fully saturated rings. The van der Waals surface area contributed by atoms with E-state index >= 15 is 0 Å². The number of hydrogen-bond donors (Lipinski definition) is 2. The van der Waals surface area contributed by atoms with Gasteiger partial charge in [0, 0.05) is 12.3 Å². The Bertz CT molecular complexity index is 352. The predicted molar refractivity (Wildman–Crippen MR) is 78.3 cm³/mol. The Labute approximate surface area is 115 Å². The van der Waals surface area contributed by atoms with Gasteiger partial charge in [-0.05, 0) is 45.4 Å². The Morgan fingerprint density at radius 3 is 2.63 bits per heavy atom. The van der Waals surface area contributed by atoms with Crippen molar-refractivity contribution in [2.45, 2.75) is 32.8 Å². The summed E-state index contributed by atoms with van der Waals surface area (Å²) in [4.78, 5) is 11.6. The number of rotatable bonds is 9. The van der Waals surface area contributed by atoms with Gasteiger partial charge in [0.15, 0.2) is 0 Å². The highest BCUT2D eigenvalue weighted by atomic mass is 16.5. The lowest BCUT2D eigenvalue weighted by Crippen LogP contribution is -2.28. The van der Waals surface area contributed by atoms with Crippen molar-refractivity contribution in [1.29, 1.82) is 0 Å². The van der Waals surface area contributed by atoms with Gasteiger partial charge in [-0.2, -0.15) is 0 Å². The molecular weight excluding hydrogens is 240 g/mol. The fourth-order valence-electron chi connectivity index (χ4n) is 1.60. The van der Waals surface area contributed by atoms with E-state index in [2.05, 4.69) is 10.6 Å². The van der Waals surface area contributed by atoms with E-state index in [4.69, 9.17) is 4.74 Å². The molecular formula is C15H24N2O2. The van der Waals surface area contributed by atoms with Gasteiger partial charge in [0.05, 0.1) is 12.6 Å². The summed E-state index contributed by atoms with van der Waals surface area (Å²) in [5.74, 6) is -0.00960. The molecule has 0 heterocycles. The van der Waals surface area contributed by atoms with Gasteiger partial charge >= 0.3 is 0 Å². The van der Waals surface area contributed by atoms with Crippen molar-refractivity contribution in [1.82, 2.24) is 5.32 Å². The molecule has 0 radical (unpaired) electrons.